The van der Waals surface area contributed by atoms with Gasteiger partial charge < -0.3 is 10.0 Å². The van der Waals surface area contributed by atoms with Gasteiger partial charge in [0.1, 0.15) is 15.4 Å². The molecule has 0 fully saturated rings. The van der Waals surface area contributed by atoms with Crippen molar-refractivity contribution in [2.24, 2.45) is 0 Å². The van der Waals surface area contributed by atoms with E-state index >= 15 is 0 Å². The lowest BCUT2D eigenvalue weighted by Crippen LogP contribution is -2.27. The SMILES string of the molecule is CN(CCS(C)(=O)=O)c1nccc(C(=O)O)c1F. The van der Waals surface area contributed by atoms with Crippen LogP contribution in [0.15, 0.2) is 12.3 Å². The second-order valence-electron chi connectivity index (χ2n) is 3.85. The van der Waals surface area contributed by atoms with Crippen molar-refractivity contribution in [1.82, 2.24) is 4.98 Å². The standard InChI is InChI=1S/C10H13FN2O4S/c1-13(5-6-18(2,16)17)9-8(11)7(10(14)15)3-4-12-9/h3-4H,5-6H2,1-2H3,(H,14,15). The van der Waals surface area contributed by atoms with Crippen LogP contribution in [0.1, 0.15) is 10.4 Å². The molecule has 1 N–H and O–H groups in total. The number of pyridine rings is 1. The van der Waals surface area contributed by atoms with Gasteiger partial charge in [0.15, 0.2) is 11.6 Å². The van der Waals surface area contributed by atoms with Gasteiger partial charge in [0, 0.05) is 26.0 Å². The molecule has 0 amide bonds. The van der Waals surface area contributed by atoms with Gasteiger partial charge in [-0.1, -0.05) is 0 Å². The van der Waals surface area contributed by atoms with Crippen LogP contribution in [0.4, 0.5) is 10.2 Å². The van der Waals surface area contributed by atoms with Crippen LogP contribution in [0.25, 0.3) is 0 Å². The highest BCUT2D eigenvalue weighted by atomic mass is 32.2. The molecule has 1 heterocycles. The fourth-order valence-corrected chi connectivity index (χ4v) is 1.88. The van der Waals surface area contributed by atoms with Gasteiger partial charge in [-0.2, -0.15) is 0 Å². The minimum absolute atomic E-state index is 0.0336. The van der Waals surface area contributed by atoms with Gasteiger partial charge in [-0.3, -0.25) is 0 Å². The van der Waals surface area contributed by atoms with E-state index in [1.807, 2.05) is 0 Å². The zero-order chi connectivity index (χ0) is 13.9. The molecular weight excluding hydrogens is 263 g/mol. The largest absolute Gasteiger partial charge is 0.478 e. The summed E-state index contributed by atoms with van der Waals surface area (Å²) in [6.45, 7) is 0.0336. The average molecular weight is 276 g/mol. The number of aromatic nitrogens is 1. The maximum Gasteiger partial charge on any atom is 0.338 e. The fraction of sp³-hybridized carbons (Fsp3) is 0.400. The Hall–Kier alpha value is -1.70. The number of rotatable bonds is 5. The third-order valence-electron chi connectivity index (χ3n) is 2.26. The summed E-state index contributed by atoms with van der Waals surface area (Å²) in [7, 11) is -1.73. The number of hydrogen-bond donors (Lipinski definition) is 1. The molecule has 0 spiro atoms. The summed E-state index contributed by atoms with van der Waals surface area (Å²) in [4.78, 5) is 15.7. The Bertz CT molecular complexity index is 559. The molecule has 1 rings (SSSR count). The second-order valence-corrected chi connectivity index (χ2v) is 6.11. The third kappa shape index (κ3) is 3.66. The van der Waals surface area contributed by atoms with Crippen molar-refractivity contribution in [3.05, 3.63) is 23.6 Å². The minimum atomic E-state index is -3.17. The van der Waals surface area contributed by atoms with E-state index in [0.29, 0.717) is 0 Å². The summed E-state index contributed by atoms with van der Waals surface area (Å²) in [5.41, 5.74) is -0.494. The van der Waals surface area contributed by atoms with Crippen LogP contribution in [0.2, 0.25) is 0 Å². The number of carbonyl (C=O) groups is 1. The number of anilines is 1. The Labute approximate surface area is 104 Å². The first-order valence-corrected chi connectivity index (χ1v) is 7.05. The molecular formula is C10H13FN2O4S. The van der Waals surface area contributed by atoms with E-state index in [1.165, 1.54) is 18.1 Å². The summed E-state index contributed by atoms with van der Waals surface area (Å²) in [6, 6.07) is 1.05. The zero-order valence-electron chi connectivity index (χ0n) is 9.92. The topological polar surface area (TPSA) is 87.6 Å². The molecule has 8 heteroatoms. The predicted octanol–water partition coefficient (Wildman–Crippen LogP) is 0.400. The first-order chi connectivity index (χ1) is 8.22. The van der Waals surface area contributed by atoms with E-state index < -0.39 is 27.2 Å². The lowest BCUT2D eigenvalue weighted by molar-refractivity contribution is 0.0691. The fourth-order valence-electron chi connectivity index (χ4n) is 1.27. The lowest BCUT2D eigenvalue weighted by Gasteiger charge is -2.18. The van der Waals surface area contributed by atoms with Gasteiger partial charge in [0.05, 0.1) is 5.75 Å². The number of halogens is 1. The van der Waals surface area contributed by atoms with Crippen molar-refractivity contribution in [2.45, 2.75) is 0 Å². The number of carboxylic acids is 1. The molecule has 0 aliphatic rings. The van der Waals surface area contributed by atoms with Crippen LogP contribution >= 0.6 is 0 Å². The maximum absolute atomic E-state index is 13.8. The molecule has 6 nitrogen and oxygen atoms in total. The Kier molecular flexibility index (Phi) is 4.23. The van der Waals surface area contributed by atoms with Crippen LogP contribution in [-0.2, 0) is 9.84 Å². The van der Waals surface area contributed by atoms with E-state index in [4.69, 9.17) is 5.11 Å². The van der Waals surface area contributed by atoms with Gasteiger partial charge in [-0.05, 0) is 6.07 Å². The number of sulfone groups is 1. The highest BCUT2D eigenvalue weighted by Gasteiger charge is 2.18. The molecule has 1 aromatic heterocycles. The van der Waals surface area contributed by atoms with Crippen LogP contribution in [-0.4, -0.2) is 50.1 Å². The predicted molar refractivity (Wildman–Crippen MR) is 64.1 cm³/mol. The number of carboxylic acid groups (broad SMARTS) is 1. The number of nitrogens with zero attached hydrogens (tertiary/aromatic N) is 2. The van der Waals surface area contributed by atoms with Crippen LogP contribution < -0.4 is 4.90 Å². The molecule has 0 aromatic carbocycles. The Balaban J connectivity index is 2.96. The molecule has 0 aliphatic carbocycles. The van der Waals surface area contributed by atoms with Crippen molar-refractivity contribution in [3.63, 3.8) is 0 Å². The smallest absolute Gasteiger partial charge is 0.338 e. The van der Waals surface area contributed by atoms with E-state index in [1.54, 1.807) is 0 Å². The van der Waals surface area contributed by atoms with Gasteiger partial charge in [0.2, 0.25) is 0 Å². The van der Waals surface area contributed by atoms with Gasteiger partial charge in [-0.25, -0.2) is 22.6 Å². The van der Waals surface area contributed by atoms with Crippen molar-refractivity contribution < 1.29 is 22.7 Å². The normalized spacial score (nSPS) is 11.3. The van der Waals surface area contributed by atoms with Gasteiger partial charge in [0.25, 0.3) is 0 Å². The monoisotopic (exact) mass is 276 g/mol. The van der Waals surface area contributed by atoms with Crippen molar-refractivity contribution in [1.29, 1.82) is 0 Å². The summed E-state index contributed by atoms with van der Waals surface area (Å²) >= 11 is 0. The summed E-state index contributed by atoms with van der Waals surface area (Å²) in [5, 5.41) is 8.75. The zero-order valence-corrected chi connectivity index (χ0v) is 10.7. The third-order valence-corrected chi connectivity index (χ3v) is 3.18. The van der Waals surface area contributed by atoms with Crippen LogP contribution in [0.3, 0.4) is 0 Å². The van der Waals surface area contributed by atoms with Crippen molar-refractivity contribution in [2.75, 3.05) is 30.5 Å². The molecule has 18 heavy (non-hydrogen) atoms. The van der Waals surface area contributed by atoms with Gasteiger partial charge in [-0.15, -0.1) is 0 Å². The Morgan fingerprint density at radius 1 is 1.56 bits per heavy atom. The minimum Gasteiger partial charge on any atom is -0.478 e. The lowest BCUT2D eigenvalue weighted by atomic mass is 10.2. The summed E-state index contributed by atoms with van der Waals surface area (Å²) in [6.07, 6.45) is 2.23. The second kappa shape index (κ2) is 5.30. The number of hydrogen-bond acceptors (Lipinski definition) is 5. The molecule has 0 bridgehead atoms. The molecule has 0 saturated carbocycles. The molecule has 1 aromatic rings. The van der Waals surface area contributed by atoms with E-state index in [9.17, 15) is 17.6 Å². The van der Waals surface area contributed by atoms with E-state index in [2.05, 4.69) is 4.98 Å². The highest BCUT2D eigenvalue weighted by molar-refractivity contribution is 7.90. The molecule has 0 saturated heterocycles. The Morgan fingerprint density at radius 2 is 2.17 bits per heavy atom. The summed E-state index contributed by atoms with van der Waals surface area (Å²) in [5.74, 6) is -2.71. The molecule has 0 unspecified atom stereocenters. The molecule has 0 radical (unpaired) electrons. The summed E-state index contributed by atoms with van der Waals surface area (Å²) < 4.78 is 35.7. The van der Waals surface area contributed by atoms with Gasteiger partial charge >= 0.3 is 5.97 Å². The number of aromatic carboxylic acids is 1. The highest BCUT2D eigenvalue weighted by Crippen LogP contribution is 2.18. The van der Waals surface area contributed by atoms with Crippen LogP contribution in [0.5, 0.6) is 0 Å². The van der Waals surface area contributed by atoms with Crippen molar-refractivity contribution >= 4 is 21.6 Å². The van der Waals surface area contributed by atoms with E-state index in [-0.39, 0.29) is 18.1 Å². The van der Waals surface area contributed by atoms with Crippen LogP contribution in [0, 0.1) is 5.82 Å². The first-order valence-electron chi connectivity index (χ1n) is 4.99. The first kappa shape index (κ1) is 14.4. The average Bonchev–Trinajstić information content (AvgIpc) is 2.24. The quantitative estimate of drug-likeness (QED) is 0.837. The van der Waals surface area contributed by atoms with Crippen molar-refractivity contribution in [3.8, 4) is 0 Å². The Morgan fingerprint density at radius 3 is 2.67 bits per heavy atom. The maximum atomic E-state index is 13.8. The molecule has 0 atom stereocenters. The molecule has 0 aliphatic heterocycles. The molecule has 100 valence electrons. The van der Waals surface area contributed by atoms with E-state index in [0.717, 1.165) is 12.3 Å².